The van der Waals surface area contributed by atoms with Crippen LogP contribution in [0.25, 0.3) is 0 Å². The maximum absolute atomic E-state index is 11.9. The Hall–Kier alpha value is -0.430. The number of thiophene rings is 1. The van der Waals surface area contributed by atoms with Gasteiger partial charge in [0.2, 0.25) is 10.0 Å². The van der Waals surface area contributed by atoms with Crippen molar-refractivity contribution >= 4 is 51.3 Å². The number of guanidine groups is 1. The number of ether oxygens (including phenoxy) is 1. The molecule has 0 aliphatic heterocycles. The van der Waals surface area contributed by atoms with Crippen LogP contribution < -0.4 is 15.4 Å². The summed E-state index contributed by atoms with van der Waals surface area (Å²) in [5, 5.41) is 7.89. The predicted molar refractivity (Wildman–Crippen MR) is 101 cm³/mol. The maximum atomic E-state index is 11.9. The third-order valence-electron chi connectivity index (χ3n) is 2.51. The van der Waals surface area contributed by atoms with Crippen molar-refractivity contribution < 1.29 is 13.2 Å². The summed E-state index contributed by atoms with van der Waals surface area (Å²) in [5.74, 6) is 0.640. The summed E-state index contributed by atoms with van der Waals surface area (Å²) in [6.07, 6.45) is 0.877. The summed E-state index contributed by atoms with van der Waals surface area (Å²) in [7, 11) is -0.0666. The summed E-state index contributed by atoms with van der Waals surface area (Å²) in [6.45, 7) is 2.17. The first-order chi connectivity index (χ1) is 10.1. The number of halogens is 1. The lowest BCUT2D eigenvalue weighted by Crippen LogP contribution is -2.41. The lowest BCUT2D eigenvalue weighted by Gasteiger charge is -2.12. The maximum Gasteiger partial charge on any atom is 0.250 e. The van der Waals surface area contributed by atoms with E-state index in [1.807, 2.05) is 0 Å². The SMILES string of the molecule is CN=C(NCCCOC)NCCNS(=O)(=O)c1cccs1.I. The molecule has 1 aromatic heterocycles. The zero-order valence-electron chi connectivity index (χ0n) is 12.7. The molecule has 1 heterocycles. The van der Waals surface area contributed by atoms with Crippen LogP contribution in [0, 0.1) is 0 Å². The lowest BCUT2D eigenvalue weighted by atomic mass is 10.4. The molecule has 1 aromatic rings. The van der Waals surface area contributed by atoms with Gasteiger partial charge in [-0.1, -0.05) is 6.07 Å². The van der Waals surface area contributed by atoms with Gasteiger partial charge >= 0.3 is 0 Å². The topological polar surface area (TPSA) is 91.8 Å². The Kier molecular flexibility index (Phi) is 11.8. The molecule has 0 bridgehead atoms. The first-order valence-electron chi connectivity index (χ1n) is 6.57. The average molecular weight is 462 g/mol. The first kappa shape index (κ1) is 21.6. The molecular weight excluding hydrogens is 439 g/mol. The van der Waals surface area contributed by atoms with Crippen LogP contribution in [-0.2, 0) is 14.8 Å². The lowest BCUT2D eigenvalue weighted by molar-refractivity contribution is 0.195. The second-order valence-electron chi connectivity index (χ2n) is 4.10. The number of hydrogen-bond acceptors (Lipinski definition) is 5. The number of rotatable bonds is 9. The second kappa shape index (κ2) is 12.0. The average Bonchev–Trinajstić information content (AvgIpc) is 3.00. The highest BCUT2D eigenvalue weighted by Crippen LogP contribution is 2.14. The minimum Gasteiger partial charge on any atom is -0.385 e. The molecule has 0 atom stereocenters. The zero-order chi connectivity index (χ0) is 15.6. The van der Waals surface area contributed by atoms with Gasteiger partial charge in [0.05, 0.1) is 0 Å². The van der Waals surface area contributed by atoms with Crippen molar-refractivity contribution in [2.24, 2.45) is 4.99 Å². The number of hydrogen-bond donors (Lipinski definition) is 3. The fourth-order valence-electron chi connectivity index (χ4n) is 1.50. The summed E-state index contributed by atoms with van der Waals surface area (Å²) in [6, 6.07) is 3.29. The molecular formula is C12H23IN4O3S2. The Bertz CT molecular complexity index is 520. The molecule has 1 rings (SSSR count). The number of sulfonamides is 1. The van der Waals surface area contributed by atoms with Crippen LogP contribution in [0.5, 0.6) is 0 Å². The van der Waals surface area contributed by atoms with Crippen LogP contribution in [0.3, 0.4) is 0 Å². The van der Waals surface area contributed by atoms with Gasteiger partial charge in [0.25, 0.3) is 0 Å². The van der Waals surface area contributed by atoms with Gasteiger partial charge in [-0.2, -0.15) is 0 Å². The Morgan fingerprint density at radius 1 is 1.32 bits per heavy atom. The number of methoxy groups -OCH3 is 1. The Morgan fingerprint density at radius 2 is 2.05 bits per heavy atom. The standard InChI is InChI=1S/C12H22N4O3S2.HI/c1-13-12(14-6-4-9-19-2)15-7-8-16-21(17,18)11-5-3-10-20-11;/h3,5,10,16H,4,6-9H2,1-2H3,(H2,13,14,15);1H. The van der Waals surface area contributed by atoms with Gasteiger partial charge in [-0.25, -0.2) is 13.1 Å². The van der Waals surface area contributed by atoms with Gasteiger partial charge in [0.1, 0.15) is 4.21 Å². The molecule has 0 saturated carbocycles. The van der Waals surface area contributed by atoms with Crippen molar-refractivity contribution in [3.63, 3.8) is 0 Å². The molecule has 10 heteroatoms. The highest BCUT2D eigenvalue weighted by atomic mass is 127. The van der Waals surface area contributed by atoms with Crippen molar-refractivity contribution in [3.05, 3.63) is 17.5 Å². The first-order valence-corrected chi connectivity index (χ1v) is 8.93. The Balaban J connectivity index is 0.00000441. The van der Waals surface area contributed by atoms with Crippen molar-refractivity contribution in [2.75, 3.05) is 40.4 Å². The molecule has 0 aromatic carbocycles. The molecule has 128 valence electrons. The summed E-state index contributed by atoms with van der Waals surface area (Å²) >= 11 is 1.20. The molecule has 0 spiro atoms. The van der Waals surface area contributed by atoms with E-state index in [-0.39, 0.29) is 24.0 Å². The van der Waals surface area contributed by atoms with E-state index in [1.165, 1.54) is 11.3 Å². The van der Waals surface area contributed by atoms with Crippen LogP contribution >= 0.6 is 35.3 Å². The molecule has 0 saturated heterocycles. The Morgan fingerprint density at radius 3 is 2.64 bits per heavy atom. The molecule has 0 radical (unpaired) electrons. The third-order valence-corrected chi connectivity index (χ3v) is 5.37. The van der Waals surface area contributed by atoms with Crippen LogP contribution in [0.1, 0.15) is 6.42 Å². The van der Waals surface area contributed by atoms with E-state index in [1.54, 1.807) is 31.7 Å². The van der Waals surface area contributed by atoms with E-state index in [0.29, 0.717) is 29.9 Å². The van der Waals surface area contributed by atoms with Crippen molar-refractivity contribution in [1.29, 1.82) is 0 Å². The molecule has 0 amide bonds. The van der Waals surface area contributed by atoms with E-state index in [9.17, 15) is 8.42 Å². The fraction of sp³-hybridized carbons (Fsp3) is 0.583. The highest BCUT2D eigenvalue weighted by molar-refractivity contribution is 14.0. The predicted octanol–water partition coefficient (Wildman–Crippen LogP) is 0.846. The van der Waals surface area contributed by atoms with Crippen LogP contribution in [0.2, 0.25) is 0 Å². The van der Waals surface area contributed by atoms with E-state index in [2.05, 4.69) is 20.3 Å². The molecule has 0 aliphatic carbocycles. The van der Waals surface area contributed by atoms with E-state index < -0.39 is 10.0 Å². The van der Waals surface area contributed by atoms with Crippen LogP contribution in [0.15, 0.2) is 26.7 Å². The third kappa shape index (κ3) is 8.27. The van der Waals surface area contributed by atoms with Gasteiger partial charge in [-0.15, -0.1) is 35.3 Å². The van der Waals surface area contributed by atoms with Gasteiger partial charge in [-0.05, 0) is 17.9 Å². The number of nitrogens with zero attached hydrogens (tertiary/aromatic N) is 1. The van der Waals surface area contributed by atoms with E-state index >= 15 is 0 Å². The molecule has 22 heavy (non-hydrogen) atoms. The van der Waals surface area contributed by atoms with Crippen molar-refractivity contribution in [1.82, 2.24) is 15.4 Å². The molecule has 0 aliphatic rings. The van der Waals surface area contributed by atoms with Crippen molar-refractivity contribution in [2.45, 2.75) is 10.6 Å². The molecule has 0 fully saturated rings. The zero-order valence-corrected chi connectivity index (χ0v) is 16.6. The number of aliphatic imine (C=N–C) groups is 1. The second-order valence-corrected chi connectivity index (χ2v) is 7.04. The van der Waals surface area contributed by atoms with Gasteiger partial charge < -0.3 is 15.4 Å². The fourth-order valence-corrected chi connectivity index (χ4v) is 3.57. The molecule has 0 unspecified atom stereocenters. The van der Waals surface area contributed by atoms with Gasteiger partial charge in [0.15, 0.2) is 5.96 Å². The summed E-state index contributed by atoms with van der Waals surface area (Å²) in [4.78, 5) is 4.05. The smallest absolute Gasteiger partial charge is 0.250 e. The van der Waals surface area contributed by atoms with E-state index in [0.717, 1.165) is 13.0 Å². The minimum absolute atomic E-state index is 0. The summed E-state index contributed by atoms with van der Waals surface area (Å²) in [5.41, 5.74) is 0. The quantitative estimate of drug-likeness (QED) is 0.219. The van der Waals surface area contributed by atoms with Crippen molar-refractivity contribution in [3.8, 4) is 0 Å². The Labute approximate surface area is 153 Å². The summed E-state index contributed by atoms with van der Waals surface area (Å²) < 4.78 is 31.5. The molecule has 3 N–H and O–H groups in total. The largest absolute Gasteiger partial charge is 0.385 e. The van der Waals surface area contributed by atoms with Gasteiger partial charge in [0, 0.05) is 40.4 Å². The minimum atomic E-state index is -3.39. The highest BCUT2D eigenvalue weighted by Gasteiger charge is 2.13. The van der Waals surface area contributed by atoms with E-state index in [4.69, 9.17) is 4.74 Å². The van der Waals surface area contributed by atoms with Crippen LogP contribution in [-0.4, -0.2) is 54.8 Å². The van der Waals surface area contributed by atoms with Crippen LogP contribution in [0.4, 0.5) is 0 Å². The number of nitrogens with one attached hydrogen (secondary N) is 3. The van der Waals surface area contributed by atoms with Gasteiger partial charge in [-0.3, -0.25) is 4.99 Å². The monoisotopic (exact) mass is 462 g/mol. The molecule has 7 nitrogen and oxygen atoms in total. The normalized spacial score (nSPS) is 11.8.